The smallest absolute Gasteiger partial charge is 0.128 e. The minimum absolute atomic E-state index is 0.223. The van der Waals surface area contributed by atoms with Crippen LogP contribution in [0.5, 0.6) is 0 Å². The molecule has 1 atom stereocenters. The Balaban J connectivity index is 2.19. The molecule has 1 aliphatic carbocycles. The Labute approximate surface area is 111 Å². The fourth-order valence-corrected chi connectivity index (χ4v) is 2.83. The van der Waals surface area contributed by atoms with Crippen molar-refractivity contribution >= 4 is 0 Å². The van der Waals surface area contributed by atoms with Crippen LogP contribution in [0.15, 0.2) is 30.3 Å². The van der Waals surface area contributed by atoms with Crippen LogP contribution >= 0.6 is 0 Å². The van der Waals surface area contributed by atoms with Gasteiger partial charge in [0.1, 0.15) is 11.6 Å². The van der Waals surface area contributed by atoms with Gasteiger partial charge in [-0.3, -0.25) is 0 Å². The Hall–Kier alpha value is -1.74. The molecule has 0 aromatic heterocycles. The zero-order valence-electron chi connectivity index (χ0n) is 10.7. The van der Waals surface area contributed by atoms with E-state index in [-0.39, 0.29) is 17.7 Å². The number of benzene rings is 2. The molecular weight excluding hydrogens is 244 g/mol. The Morgan fingerprint density at radius 1 is 1.11 bits per heavy atom. The van der Waals surface area contributed by atoms with Crippen molar-refractivity contribution in [3.8, 4) is 11.1 Å². The highest BCUT2D eigenvalue weighted by Crippen LogP contribution is 2.38. The van der Waals surface area contributed by atoms with Gasteiger partial charge in [0.25, 0.3) is 0 Å². The van der Waals surface area contributed by atoms with E-state index in [0.29, 0.717) is 11.1 Å². The van der Waals surface area contributed by atoms with Gasteiger partial charge < -0.3 is 5.73 Å². The zero-order chi connectivity index (χ0) is 13.6. The van der Waals surface area contributed by atoms with Crippen LogP contribution in [0.2, 0.25) is 0 Å². The third-order valence-corrected chi connectivity index (χ3v) is 3.85. The van der Waals surface area contributed by atoms with Gasteiger partial charge in [-0.15, -0.1) is 0 Å². The highest BCUT2D eigenvalue weighted by atomic mass is 19.1. The molecule has 2 N–H and O–H groups in total. The molecule has 1 aliphatic rings. The van der Waals surface area contributed by atoms with E-state index in [0.717, 1.165) is 29.5 Å². The van der Waals surface area contributed by atoms with Gasteiger partial charge in [-0.25, -0.2) is 8.78 Å². The van der Waals surface area contributed by atoms with Crippen LogP contribution in [-0.4, -0.2) is 0 Å². The summed E-state index contributed by atoms with van der Waals surface area (Å²) in [6, 6.07) is 7.98. The van der Waals surface area contributed by atoms with Gasteiger partial charge in [0.15, 0.2) is 0 Å². The number of fused-ring (bicyclic) bond motifs is 1. The van der Waals surface area contributed by atoms with Gasteiger partial charge in [-0.1, -0.05) is 12.1 Å². The summed E-state index contributed by atoms with van der Waals surface area (Å²) >= 11 is 0. The second-order valence-electron chi connectivity index (χ2n) is 5.10. The Bertz CT molecular complexity index is 649. The maximum atomic E-state index is 13.8. The first-order chi connectivity index (χ1) is 9.08. The lowest BCUT2D eigenvalue weighted by Gasteiger charge is -2.12. The molecule has 19 heavy (non-hydrogen) atoms. The topological polar surface area (TPSA) is 26.0 Å². The molecule has 0 bridgehead atoms. The van der Waals surface area contributed by atoms with Crippen LogP contribution < -0.4 is 5.73 Å². The Morgan fingerprint density at radius 3 is 2.58 bits per heavy atom. The first-order valence-corrected chi connectivity index (χ1v) is 6.41. The van der Waals surface area contributed by atoms with Crippen LogP contribution in [0, 0.1) is 18.6 Å². The van der Waals surface area contributed by atoms with E-state index in [2.05, 4.69) is 0 Å². The van der Waals surface area contributed by atoms with Gasteiger partial charge in [0.2, 0.25) is 0 Å². The average Bonchev–Trinajstić information content (AvgIpc) is 2.77. The van der Waals surface area contributed by atoms with Crippen molar-refractivity contribution in [2.24, 2.45) is 5.73 Å². The van der Waals surface area contributed by atoms with E-state index >= 15 is 0 Å². The summed E-state index contributed by atoms with van der Waals surface area (Å²) < 4.78 is 27.2. The zero-order valence-corrected chi connectivity index (χ0v) is 10.7. The number of nitrogens with two attached hydrogens (primary N) is 1. The highest BCUT2D eigenvalue weighted by molar-refractivity contribution is 5.70. The fourth-order valence-electron chi connectivity index (χ4n) is 2.83. The SMILES string of the molecule is Cc1cc(-c2ccc(F)c3c2CCC3N)ccc1F. The number of halogens is 2. The van der Waals surface area contributed by atoms with Crippen molar-refractivity contribution in [1.29, 1.82) is 0 Å². The molecule has 3 rings (SSSR count). The number of hydrogen-bond acceptors (Lipinski definition) is 1. The monoisotopic (exact) mass is 259 g/mol. The Morgan fingerprint density at radius 2 is 1.84 bits per heavy atom. The molecule has 1 unspecified atom stereocenters. The molecule has 3 heteroatoms. The molecule has 0 aliphatic heterocycles. The molecule has 0 saturated heterocycles. The number of aryl methyl sites for hydroxylation is 1. The van der Waals surface area contributed by atoms with Crippen LogP contribution in [0.25, 0.3) is 11.1 Å². The van der Waals surface area contributed by atoms with Gasteiger partial charge in [-0.2, -0.15) is 0 Å². The van der Waals surface area contributed by atoms with Crippen molar-refractivity contribution < 1.29 is 8.78 Å². The highest BCUT2D eigenvalue weighted by Gasteiger charge is 2.25. The van der Waals surface area contributed by atoms with Gasteiger partial charge in [-0.05, 0) is 60.2 Å². The van der Waals surface area contributed by atoms with E-state index in [1.807, 2.05) is 0 Å². The quantitative estimate of drug-likeness (QED) is 0.826. The predicted octanol–water partition coefficient (Wildman–Crippen LogP) is 3.89. The molecular formula is C16H15F2N. The summed E-state index contributed by atoms with van der Waals surface area (Å²) in [7, 11) is 0. The second kappa shape index (κ2) is 4.42. The summed E-state index contributed by atoms with van der Waals surface area (Å²) in [5.74, 6) is -0.457. The number of rotatable bonds is 1. The molecule has 2 aromatic rings. The third kappa shape index (κ3) is 1.94. The molecule has 0 amide bonds. The normalized spacial score (nSPS) is 17.6. The van der Waals surface area contributed by atoms with E-state index < -0.39 is 0 Å². The first-order valence-electron chi connectivity index (χ1n) is 6.41. The van der Waals surface area contributed by atoms with Crippen molar-refractivity contribution in [2.75, 3.05) is 0 Å². The summed E-state index contributed by atoms with van der Waals surface area (Å²) in [6.45, 7) is 1.73. The predicted molar refractivity (Wildman–Crippen MR) is 71.8 cm³/mol. The van der Waals surface area contributed by atoms with Crippen molar-refractivity contribution in [2.45, 2.75) is 25.8 Å². The average molecular weight is 259 g/mol. The van der Waals surface area contributed by atoms with Crippen molar-refractivity contribution in [3.05, 3.63) is 58.7 Å². The van der Waals surface area contributed by atoms with Gasteiger partial charge >= 0.3 is 0 Å². The lowest BCUT2D eigenvalue weighted by molar-refractivity contribution is 0.589. The van der Waals surface area contributed by atoms with E-state index in [1.165, 1.54) is 12.1 Å². The molecule has 0 saturated carbocycles. The third-order valence-electron chi connectivity index (χ3n) is 3.85. The van der Waals surface area contributed by atoms with E-state index in [4.69, 9.17) is 5.73 Å². The largest absolute Gasteiger partial charge is 0.324 e. The molecule has 0 spiro atoms. The summed E-state index contributed by atoms with van der Waals surface area (Å²) in [6.07, 6.45) is 1.55. The number of hydrogen-bond donors (Lipinski definition) is 1. The lowest BCUT2D eigenvalue weighted by Crippen LogP contribution is -2.07. The summed E-state index contributed by atoms with van der Waals surface area (Å²) in [4.78, 5) is 0. The molecule has 1 nitrogen and oxygen atoms in total. The van der Waals surface area contributed by atoms with Gasteiger partial charge in [0, 0.05) is 11.6 Å². The fraction of sp³-hybridized carbons (Fsp3) is 0.250. The van der Waals surface area contributed by atoms with E-state index in [1.54, 1.807) is 25.1 Å². The minimum atomic E-state index is -0.234. The van der Waals surface area contributed by atoms with Crippen LogP contribution in [0.3, 0.4) is 0 Å². The molecule has 2 aromatic carbocycles. The van der Waals surface area contributed by atoms with Crippen LogP contribution in [0.1, 0.15) is 29.2 Å². The van der Waals surface area contributed by atoms with Crippen LogP contribution in [0.4, 0.5) is 8.78 Å². The minimum Gasteiger partial charge on any atom is -0.324 e. The van der Waals surface area contributed by atoms with Crippen molar-refractivity contribution in [1.82, 2.24) is 0 Å². The van der Waals surface area contributed by atoms with Crippen molar-refractivity contribution in [3.63, 3.8) is 0 Å². The van der Waals surface area contributed by atoms with Crippen LogP contribution in [-0.2, 0) is 6.42 Å². The van der Waals surface area contributed by atoms with E-state index in [9.17, 15) is 8.78 Å². The first kappa shape index (κ1) is 12.3. The summed E-state index contributed by atoms with van der Waals surface area (Å²) in [5.41, 5.74) is 10.0. The Kier molecular flexibility index (Phi) is 2.86. The maximum absolute atomic E-state index is 13.8. The standard InChI is InChI=1S/C16H15F2N/c1-9-8-10(2-5-13(9)17)11-3-6-14(18)16-12(11)4-7-15(16)19/h2-3,5-6,8,15H,4,7,19H2,1H3. The molecule has 98 valence electrons. The van der Waals surface area contributed by atoms with Gasteiger partial charge in [0.05, 0.1) is 0 Å². The summed E-state index contributed by atoms with van der Waals surface area (Å²) in [5, 5.41) is 0. The second-order valence-corrected chi connectivity index (χ2v) is 5.10. The molecule has 0 heterocycles. The molecule has 0 fully saturated rings. The molecule has 0 radical (unpaired) electrons. The lowest BCUT2D eigenvalue weighted by atomic mass is 9.95. The maximum Gasteiger partial charge on any atom is 0.128 e.